The van der Waals surface area contributed by atoms with Crippen LogP contribution in [-0.4, -0.2) is 53.0 Å². The van der Waals surface area contributed by atoms with Crippen molar-refractivity contribution in [3.63, 3.8) is 0 Å². The molecular weight excluding hydrogens is 165 g/mol. The normalized spacial score (nSPS) is 30.8. The van der Waals surface area contributed by atoms with Crippen molar-refractivity contribution >= 4 is 5.97 Å². The monoisotopic (exact) mass is 177 g/mol. The Hall–Kier alpha value is -0.680. The number of rotatable bonds is 3. The van der Waals surface area contributed by atoms with Gasteiger partial charge in [0.15, 0.2) is 0 Å². The van der Waals surface area contributed by atoms with Crippen molar-refractivity contribution in [1.82, 2.24) is 4.90 Å². The highest BCUT2D eigenvalue weighted by Gasteiger charge is 2.35. The first-order valence-corrected chi connectivity index (χ1v) is 3.86. The maximum absolute atomic E-state index is 11.9. The number of aliphatic hydroxyl groups excluding tert-OH is 1. The van der Waals surface area contributed by atoms with E-state index in [1.807, 2.05) is 0 Å². The van der Waals surface area contributed by atoms with E-state index in [1.165, 1.54) is 4.90 Å². The number of aliphatic carboxylic acids is 1. The number of hydrogen-bond donors (Lipinski definition) is 2. The van der Waals surface area contributed by atoms with Gasteiger partial charge in [-0.1, -0.05) is 0 Å². The number of aliphatic hydroxyl groups is 1. The summed E-state index contributed by atoms with van der Waals surface area (Å²) >= 11 is 0. The van der Waals surface area contributed by atoms with Gasteiger partial charge >= 0.3 is 5.97 Å². The SMILES string of the molecule is O=C(O)C1CC(O)CN1CCF. The lowest BCUT2D eigenvalue weighted by atomic mass is 10.2. The fourth-order valence-electron chi connectivity index (χ4n) is 1.49. The Bertz CT molecular complexity index is 176. The van der Waals surface area contributed by atoms with Crippen LogP contribution in [0, 0.1) is 0 Å². The van der Waals surface area contributed by atoms with Crippen LogP contribution in [0.1, 0.15) is 6.42 Å². The lowest BCUT2D eigenvalue weighted by molar-refractivity contribution is -0.142. The number of β-amino-alcohol motifs (C(OH)–C–C–N with tert-alkyl or cyclic N) is 1. The average molecular weight is 177 g/mol. The van der Waals surface area contributed by atoms with Crippen LogP contribution in [0.4, 0.5) is 4.39 Å². The van der Waals surface area contributed by atoms with Crippen LogP contribution >= 0.6 is 0 Å². The zero-order valence-electron chi connectivity index (χ0n) is 6.61. The van der Waals surface area contributed by atoms with Crippen LogP contribution in [0.5, 0.6) is 0 Å². The van der Waals surface area contributed by atoms with Crippen molar-refractivity contribution in [2.24, 2.45) is 0 Å². The van der Waals surface area contributed by atoms with Crippen LogP contribution in [0.25, 0.3) is 0 Å². The Kier molecular flexibility index (Phi) is 2.99. The molecule has 70 valence electrons. The second kappa shape index (κ2) is 3.82. The van der Waals surface area contributed by atoms with E-state index >= 15 is 0 Å². The second-order valence-electron chi connectivity index (χ2n) is 2.93. The topological polar surface area (TPSA) is 60.8 Å². The minimum absolute atomic E-state index is 0.0913. The molecule has 0 saturated carbocycles. The first-order chi connectivity index (χ1) is 5.65. The molecule has 2 atom stereocenters. The van der Waals surface area contributed by atoms with E-state index in [9.17, 15) is 9.18 Å². The summed E-state index contributed by atoms with van der Waals surface area (Å²) in [5.74, 6) is -0.986. The highest BCUT2D eigenvalue weighted by atomic mass is 19.1. The van der Waals surface area contributed by atoms with Crippen molar-refractivity contribution in [2.75, 3.05) is 19.8 Å². The van der Waals surface area contributed by atoms with E-state index in [-0.39, 0.29) is 19.5 Å². The number of nitrogens with zero attached hydrogens (tertiary/aromatic N) is 1. The van der Waals surface area contributed by atoms with Crippen LogP contribution in [0.15, 0.2) is 0 Å². The van der Waals surface area contributed by atoms with Gasteiger partial charge < -0.3 is 10.2 Å². The first-order valence-electron chi connectivity index (χ1n) is 3.86. The van der Waals surface area contributed by atoms with Crippen molar-refractivity contribution < 1.29 is 19.4 Å². The van der Waals surface area contributed by atoms with E-state index in [4.69, 9.17) is 10.2 Å². The van der Waals surface area contributed by atoms with Gasteiger partial charge in [-0.2, -0.15) is 0 Å². The Morgan fingerprint density at radius 1 is 1.67 bits per heavy atom. The highest BCUT2D eigenvalue weighted by molar-refractivity contribution is 5.74. The Balaban J connectivity index is 2.53. The number of likely N-dealkylation sites (tertiary alicyclic amines) is 1. The molecule has 0 aromatic heterocycles. The molecule has 2 unspecified atom stereocenters. The highest BCUT2D eigenvalue weighted by Crippen LogP contribution is 2.17. The van der Waals surface area contributed by atoms with Crippen LogP contribution in [0.2, 0.25) is 0 Å². The molecule has 1 rings (SSSR count). The molecule has 1 fully saturated rings. The number of carbonyl (C=O) groups is 1. The summed E-state index contributed by atoms with van der Waals surface area (Å²) in [6.07, 6.45) is -0.423. The molecular formula is C7H12FNO3. The summed E-state index contributed by atoms with van der Waals surface area (Å²) in [6.45, 7) is -0.217. The molecule has 1 aliphatic rings. The van der Waals surface area contributed by atoms with Gasteiger partial charge in [0, 0.05) is 19.5 Å². The Morgan fingerprint density at radius 3 is 2.83 bits per heavy atom. The Morgan fingerprint density at radius 2 is 2.33 bits per heavy atom. The quantitative estimate of drug-likeness (QED) is 0.608. The lowest BCUT2D eigenvalue weighted by Crippen LogP contribution is -2.37. The van der Waals surface area contributed by atoms with Crippen molar-refractivity contribution in [3.05, 3.63) is 0 Å². The van der Waals surface area contributed by atoms with E-state index in [0.29, 0.717) is 0 Å². The number of halogens is 1. The zero-order valence-corrected chi connectivity index (χ0v) is 6.61. The standard InChI is InChI=1S/C7H12FNO3/c8-1-2-9-4-5(10)3-6(9)7(11)12/h5-6,10H,1-4H2,(H,11,12). The average Bonchev–Trinajstić information content (AvgIpc) is 2.32. The third kappa shape index (κ3) is 1.92. The summed E-state index contributed by atoms with van der Waals surface area (Å²) in [6, 6.07) is -0.712. The molecule has 5 heteroatoms. The van der Waals surface area contributed by atoms with Crippen molar-refractivity contribution in [3.8, 4) is 0 Å². The van der Waals surface area contributed by atoms with E-state index in [2.05, 4.69) is 0 Å². The number of hydrogen-bond acceptors (Lipinski definition) is 3. The molecule has 2 N–H and O–H groups in total. The molecule has 1 aliphatic heterocycles. The van der Waals surface area contributed by atoms with Gasteiger partial charge in [0.1, 0.15) is 12.7 Å². The van der Waals surface area contributed by atoms with E-state index in [1.54, 1.807) is 0 Å². The Labute approximate surface area is 69.6 Å². The third-order valence-electron chi connectivity index (χ3n) is 2.04. The van der Waals surface area contributed by atoms with E-state index < -0.39 is 24.8 Å². The minimum atomic E-state index is -0.986. The molecule has 0 spiro atoms. The molecule has 0 aliphatic carbocycles. The van der Waals surface area contributed by atoms with Crippen molar-refractivity contribution in [1.29, 1.82) is 0 Å². The van der Waals surface area contributed by atoms with Gasteiger partial charge in [-0.05, 0) is 0 Å². The molecule has 0 bridgehead atoms. The molecule has 0 aromatic rings. The molecule has 0 aromatic carbocycles. The molecule has 4 nitrogen and oxygen atoms in total. The van der Waals surface area contributed by atoms with Gasteiger partial charge in [-0.25, -0.2) is 4.39 Å². The molecule has 1 heterocycles. The summed E-state index contributed by atoms with van der Waals surface area (Å²) in [5.41, 5.74) is 0. The minimum Gasteiger partial charge on any atom is -0.480 e. The molecule has 1 saturated heterocycles. The van der Waals surface area contributed by atoms with E-state index in [0.717, 1.165) is 0 Å². The number of alkyl halides is 1. The fraction of sp³-hybridized carbons (Fsp3) is 0.857. The summed E-state index contributed by atoms with van der Waals surface area (Å²) in [5, 5.41) is 17.8. The molecule has 0 amide bonds. The van der Waals surface area contributed by atoms with Gasteiger partial charge in [0.25, 0.3) is 0 Å². The van der Waals surface area contributed by atoms with Crippen molar-refractivity contribution in [2.45, 2.75) is 18.6 Å². The van der Waals surface area contributed by atoms with Crippen LogP contribution in [0.3, 0.4) is 0 Å². The summed E-state index contributed by atoms with van der Waals surface area (Å²) < 4.78 is 11.9. The summed E-state index contributed by atoms with van der Waals surface area (Å²) in [7, 11) is 0. The maximum atomic E-state index is 11.9. The third-order valence-corrected chi connectivity index (χ3v) is 2.04. The van der Waals surface area contributed by atoms with Crippen LogP contribution in [-0.2, 0) is 4.79 Å². The molecule has 0 radical (unpaired) electrons. The predicted molar refractivity (Wildman–Crippen MR) is 39.6 cm³/mol. The fourth-order valence-corrected chi connectivity index (χ4v) is 1.49. The van der Waals surface area contributed by atoms with Crippen LogP contribution < -0.4 is 0 Å². The largest absolute Gasteiger partial charge is 0.480 e. The lowest BCUT2D eigenvalue weighted by Gasteiger charge is -2.18. The number of carboxylic acid groups (broad SMARTS) is 1. The van der Waals surface area contributed by atoms with Gasteiger partial charge in [-0.3, -0.25) is 9.69 Å². The summed E-state index contributed by atoms with van der Waals surface area (Å²) in [4.78, 5) is 12.0. The first kappa shape index (κ1) is 9.41. The smallest absolute Gasteiger partial charge is 0.321 e. The maximum Gasteiger partial charge on any atom is 0.321 e. The molecule has 12 heavy (non-hydrogen) atoms. The van der Waals surface area contributed by atoms with Gasteiger partial charge in [-0.15, -0.1) is 0 Å². The zero-order chi connectivity index (χ0) is 9.14. The predicted octanol–water partition coefficient (Wildman–Crippen LogP) is -0.524. The van der Waals surface area contributed by atoms with Gasteiger partial charge in [0.2, 0.25) is 0 Å². The second-order valence-corrected chi connectivity index (χ2v) is 2.93. The number of carboxylic acids is 1. The van der Waals surface area contributed by atoms with Gasteiger partial charge in [0.05, 0.1) is 6.10 Å².